The highest BCUT2D eigenvalue weighted by molar-refractivity contribution is 5.67. The van der Waals surface area contributed by atoms with E-state index in [1.165, 1.54) is 12.2 Å². The van der Waals surface area contributed by atoms with Crippen molar-refractivity contribution >= 4 is 6.09 Å². The molecule has 6 nitrogen and oxygen atoms in total. The molecule has 0 aliphatic heterocycles. The Morgan fingerprint density at radius 2 is 1.82 bits per heavy atom. The Labute approximate surface area is 132 Å². The molecule has 124 valence electrons. The highest BCUT2D eigenvalue weighted by Gasteiger charge is 2.23. The first-order valence-corrected chi connectivity index (χ1v) is 7.02. The summed E-state index contributed by atoms with van der Waals surface area (Å²) in [5.74, 6) is 0. The molecular formula is C16H26N2O4. The first-order chi connectivity index (χ1) is 9.89. The molecule has 0 bridgehead atoms. The smallest absolute Gasteiger partial charge is 0.407 e. The Hall–Kier alpha value is -2.11. The number of hydrogen-bond acceptors (Lipinski definition) is 4. The SMILES string of the molecule is C=C/C(=C\C=C(/C)C(C)(C)CNC(=O)OC(C)(C)C)[N+](=O)[O-]. The number of alkyl carbamates (subject to hydrolysis) is 1. The van der Waals surface area contributed by atoms with Crippen LogP contribution in [0.5, 0.6) is 0 Å². The summed E-state index contributed by atoms with van der Waals surface area (Å²) in [6.45, 7) is 14.9. The number of ether oxygens (including phenoxy) is 1. The molecule has 0 unspecified atom stereocenters. The van der Waals surface area contributed by atoms with Gasteiger partial charge in [-0.15, -0.1) is 0 Å². The molecule has 22 heavy (non-hydrogen) atoms. The lowest BCUT2D eigenvalue weighted by molar-refractivity contribution is -0.418. The van der Waals surface area contributed by atoms with Crippen LogP contribution in [0.4, 0.5) is 4.79 Å². The van der Waals surface area contributed by atoms with Crippen molar-refractivity contribution in [2.75, 3.05) is 6.54 Å². The van der Waals surface area contributed by atoms with Crippen molar-refractivity contribution in [3.8, 4) is 0 Å². The van der Waals surface area contributed by atoms with Gasteiger partial charge in [0.25, 0.3) is 5.70 Å². The average Bonchev–Trinajstić information content (AvgIpc) is 2.34. The zero-order chi connectivity index (χ0) is 17.6. The van der Waals surface area contributed by atoms with Crippen LogP contribution in [0.25, 0.3) is 0 Å². The van der Waals surface area contributed by atoms with Gasteiger partial charge in [0.15, 0.2) is 0 Å². The van der Waals surface area contributed by atoms with Crippen molar-refractivity contribution in [2.45, 2.75) is 47.1 Å². The second-order valence-corrected chi connectivity index (χ2v) is 6.64. The first-order valence-electron chi connectivity index (χ1n) is 7.02. The average molecular weight is 310 g/mol. The van der Waals surface area contributed by atoms with Gasteiger partial charge in [-0.2, -0.15) is 0 Å². The highest BCUT2D eigenvalue weighted by atomic mass is 16.6. The molecule has 0 aromatic heterocycles. The van der Waals surface area contributed by atoms with Gasteiger partial charge >= 0.3 is 6.09 Å². The van der Waals surface area contributed by atoms with E-state index >= 15 is 0 Å². The minimum Gasteiger partial charge on any atom is -0.444 e. The molecule has 0 rings (SSSR count). The molecule has 6 heteroatoms. The minimum absolute atomic E-state index is 0.0738. The summed E-state index contributed by atoms with van der Waals surface area (Å²) in [5.41, 5.74) is -0.0945. The zero-order valence-corrected chi connectivity index (χ0v) is 14.2. The Morgan fingerprint density at radius 1 is 1.27 bits per heavy atom. The van der Waals surface area contributed by atoms with E-state index in [2.05, 4.69) is 11.9 Å². The van der Waals surface area contributed by atoms with Gasteiger partial charge < -0.3 is 10.1 Å². The molecule has 0 heterocycles. The second-order valence-electron chi connectivity index (χ2n) is 6.64. The van der Waals surface area contributed by atoms with Crippen LogP contribution in [-0.2, 0) is 4.74 Å². The summed E-state index contributed by atoms with van der Waals surface area (Å²) in [6.07, 6.45) is 3.77. The van der Waals surface area contributed by atoms with Crippen LogP contribution in [0.1, 0.15) is 41.5 Å². The maximum Gasteiger partial charge on any atom is 0.407 e. The third-order valence-electron chi connectivity index (χ3n) is 3.07. The van der Waals surface area contributed by atoms with Crippen molar-refractivity contribution in [1.82, 2.24) is 5.32 Å². The van der Waals surface area contributed by atoms with Gasteiger partial charge in [-0.25, -0.2) is 4.79 Å². The molecule has 0 radical (unpaired) electrons. The fourth-order valence-corrected chi connectivity index (χ4v) is 1.39. The van der Waals surface area contributed by atoms with Crippen molar-refractivity contribution < 1.29 is 14.5 Å². The van der Waals surface area contributed by atoms with Crippen molar-refractivity contribution in [3.63, 3.8) is 0 Å². The number of rotatable bonds is 6. The molecule has 0 fully saturated rings. The maximum atomic E-state index is 11.7. The van der Waals surface area contributed by atoms with Gasteiger partial charge in [-0.3, -0.25) is 10.1 Å². The molecule has 0 aromatic rings. The van der Waals surface area contributed by atoms with Gasteiger partial charge in [-0.1, -0.05) is 32.1 Å². The van der Waals surface area contributed by atoms with Crippen LogP contribution in [0.2, 0.25) is 0 Å². The largest absolute Gasteiger partial charge is 0.444 e. The van der Waals surface area contributed by atoms with Crippen LogP contribution in [0.3, 0.4) is 0 Å². The molecule has 0 aromatic carbocycles. The number of nitro groups is 1. The number of carbonyl (C=O) groups excluding carboxylic acids is 1. The van der Waals surface area contributed by atoms with Gasteiger partial charge in [0.05, 0.1) is 4.92 Å². The lowest BCUT2D eigenvalue weighted by Gasteiger charge is -2.27. The van der Waals surface area contributed by atoms with Gasteiger partial charge in [0.1, 0.15) is 5.60 Å². The zero-order valence-electron chi connectivity index (χ0n) is 14.2. The minimum atomic E-state index is -0.549. The summed E-state index contributed by atoms with van der Waals surface area (Å²) >= 11 is 0. The van der Waals surface area contributed by atoms with E-state index in [0.29, 0.717) is 6.54 Å². The molecule has 0 aliphatic rings. The summed E-state index contributed by atoms with van der Waals surface area (Å²) in [4.78, 5) is 21.9. The van der Waals surface area contributed by atoms with E-state index in [1.54, 1.807) is 26.8 Å². The Balaban J connectivity index is 4.83. The van der Waals surface area contributed by atoms with Crippen LogP contribution in [0, 0.1) is 15.5 Å². The lowest BCUT2D eigenvalue weighted by Crippen LogP contribution is -2.38. The summed E-state index contributed by atoms with van der Waals surface area (Å²) in [6, 6.07) is 0. The molecule has 1 amide bonds. The quantitative estimate of drug-likeness (QED) is 0.459. The Kier molecular flexibility index (Phi) is 7.03. The van der Waals surface area contributed by atoms with Crippen molar-refractivity contribution in [2.24, 2.45) is 5.41 Å². The molecule has 0 saturated carbocycles. The van der Waals surface area contributed by atoms with Crippen LogP contribution in [0.15, 0.2) is 36.1 Å². The number of nitrogens with zero attached hydrogens (tertiary/aromatic N) is 1. The van der Waals surface area contributed by atoms with E-state index in [4.69, 9.17) is 4.74 Å². The number of amides is 1. The van der Waals surface area contributed by atoms with E-state index < -0.39 is 16.6 Å². The van der Waals surface area contributed by atoms with Gasteiger partial charge in [0.2, 0.25) is 0 Å². The highest BCUT2D eigenvalue weighted by Crippen LogP contribution is 2.25. The monoisotopic (exact) mass is 310 g/mol. The fourth-order valence-electron chi connectivity index (χ4n) is 1.39. The normalized spacial score (nSPS) is 13.5. The molecule has 0 aliphatic carbocycles. The number of allylic oxidation sites excluding steroid dienone is 3. The van der Waals surface area contributed by atoms with Crippen LogP contribution >= 0.6 is 0 Å². The van der Waals surface area contributed by atoms with Crippen molar-refractivity contribution in [3.05, 3.63) is 46.2 Å². The molecule has 0 atom stereocenters. The van der Waals surface area contributed by atoms with E-state index in [0.717, 1.165) is 5.57 Å². The van der Waals surface area contributed by atoms with Gasteiger partial charge in [-0.05, 0) is 27.7 Å². The number of nitrogens with one attached hydrogen (secondary N) is 1. The number of carbonyl (C=O) groups is 1. The Morgan fingerprint density at radius 3 is 2.23 bits per heavy atom. The second kappa shape index (κ2) is 7.77. The summed E-state index contributed by atoms with van der Waals surface area (Å²) in [7, 11) is 0. The molecule has 0 saturated heterocycles. The third-order valence-corrected chi connectivity index (χ3v) is 3.07. The molecular weight excluding hydrogens is 284 g/mol. The van der Waals surface area contributed by atoms with Crippen LogP contribution < -0.4 is 5.32 Å². The first kappa shape index (κ1) is 19.9. The van der Waals surface area contributed by atoms with Gasteiger partial charge in [0, 0.05) is 24.1 Å². The molecule has 0 spiro atoms. The predicted molar refractivity (Wildman–Crippen MR) is 87.0 cm³/mol. The van der Waals surface area contributed by atoms with E-state index in [1.807, 2.05) is 20.8 Å². The molecule has 1 N–H and O–H groups in total. The van der Waals surface area contributed by atoms with Crippen LogP contribution in [-0.4, -0.2) is 23.2 Å². The fraction of sp³-hybridized carbons (Fsp3) is 0.562. The predicted octanol–water partition coefficient (Wildman–Crippen LogP) is 3.83. The van der Waals surface area contributed by atoms with E-state index in [-0.39, 0.29) is 11.1 Å². The van der Waals surface area contributed by atoms with E-state index in [9.17, 15) is 14.9 Å². The lowest BCUT2D eigenvalue weighted by atomic mass is 9.84. The Bertz CT molecular complexity index is 497. The maximum absolute atomic E-state index is 11.7. The van der Waals surface area contributed by atoms with Crippen molar-refractivity contribution in [1.29, 1.82) is 0 Å². The standard InChI is InChI=1S/C16H26N2O4/c1-8-13(18(20)21)10-9-12(2)16(6,7)11-17-14(19)22-15(3,4)5/h8-10H,1,11H2,2-7H3,(H,17,19)/b12-9+,13-10+. The topological polar surface area (TPSA) is 81.5 Å². The number of hydrogen-bond donors (Lipinski definition) is 1. The summed E-state index contributed by atoms with van der Waals surface area (Å²) in [5, 5.41) is 13.4. The third kappa shape index (κ3) is 7.61. The summed E-state index contributed by atoms with van der Waals surface area (Å²) < 4.78 is 5.18.